The van der Waals surface area contributed by atoms with Gasteiger partial charge in [-0.05, 0) is 18.3 Å². The van der Waals surface area contributed by atoms with Crippen LogP contribution < -0.4 is 10.6 Å². The van der Waals surface area contributed by atoms with Crippen LogP contribution in [-0.2, 0) is 4.79 Å². The van der Waals surface area contributed by atoms with Crippen molar-refractivity contribution in [2.45, 2.75) is 26.7 Å². The van der Waals surface area contributed by atoms with E-state index in [0.29, 0.717) is 17.5 Å². The van der Waals surface area contributed by atoms with E-state index < -0.39 is 5.97 Å². The zero-order valence-corrected chi connectivity index (χ0v) is 11.6. The zero-order valence-electron chi connectivity index (χ0n) is 10.8. The van der Waals surface area contributed by atoms with Crippen molar-refractivity contribution in [3.8, 4) is 0 Å². The van der Waals surface area contributed by atoms with Gasteiger partial charge in [-0.15, -0.1) is 0 Å². The van der Waals surface area contributed by atoms with E-state index >= 15 is 0 Å². The summed E-state index contributed by atoms with van der Waals surface area (Å²) < 4.78 is 0. The van der Waals surface area contributed by atoms with Crippen molar-refractivity contribution in [1.29, 1.82) is 0 Å². The number of carboxylic acid groups (broad SMARTS) is 1. The van der Waals surface area contributed by atoms with Gasteiger partial charge in [0.1, 0.15) is 0 Å². The van der Waals surface area contributed by atoms with Crippen molar-refractivity contribution < 1.29 is 14.7 Å². The van der Waals surface area contributed by atoms with E-state index in [1.165, 1.54) is 0 Å². The molecule has 3 N–H and O–H groups in total. The predicted molar refractivity (Wildman–Crippen MR) is 71.6 cm³/mol. The third-order valence-electron chi connectivity index (χ3n) is 2.26. The number of hydrogen-bond donors (Lipinski definition) is 3. The van der Waals surface area contributed by atoms with Crippen molar-refractivity contribution in [2.24, 2.45) is 11.8 Å². The Morgan fingerprint density at radius 2 is 1.94 bits per heavy atom. The molecular formula is C12H21ClN2O3. The Hall–Kier alpha value is -1.23. The molecule has 0 aromatic rings. The summed E-state index contributed by atoms with van der Waals surface area (Å²) in [6.07, 6.45) is 0.815. The first-order chi connectivity index (χ1) is 8.31. The molecule has 18 heavy (non-hydrogen) atoms. The first-order valence-corrected chi connectivity index (χ1v) is 6.25. The van der Waals surface area contributed by atoms with E-state index in [-0.39, 0.29) is 24.9 Å². The van der Waals surface area contributed by atoms with E-state index in [4.69, 9.17) is 16.7 Å². The third-order valence-corrected chi connectivity index (χ3v) is 2.39. The Kier molecular flexibility index (Phi) is 8.20. The number of halogens is 1. The molecule has 0 fully saturated rings. The fraction of sp³-hybridized carbons (Fsp3) is 0.667. The second kappa shape index (κ2) is 8.80. The normalized spacial score (nSPS) is 12.0. The molecule has 0 heterocycles. The molecule has 0 aliphatic heterocycles. The number of urea groups is 1. The molecule has 0 aliphatic rings. The van der Waals surface area contributed by atoms with Crippen LogP contribution in [0.1, 0.15) is 26.7 Å². The quantitative estimate of drug-likeness (QED) is 0.636. The molecule has 0 aromatic carbocycles. The number of carboxylic acids is 1. The smallest absolute Gasteiger partial charge is 0.315 e. The fourth-order valence-electron chi connectivity index (χ4n) is 1.63. The summed E-state index contributed by atoms with van der Waals surface area (Å²) in [5, 5.41) is 14.3. The van der Waals surface area contributed by atoms with E-state index in [2.05, 4.69) is 17.2 Å². The van der Waals surface area contributed by atoms with Crippen LogP contribution in [0, 0.1) is 11.8 Å². The molecule has 0 aromatic heterocycles. The van der Waals surface area contributed by atoms with Gasteiger partial charge in [0.05, 0.1) is 6.54 Å². The largest absolute Gasteiger partial charge is 0.481 e. The number of hydrogen-bond acceptors (Lipinski definition) is 2. The summed E-state index contributed by atoms with van der Waals surface area (Å²) in [4.78, 5) is 22.0. The minimum atomic E-state index is -0.850. The van der Waals surface area contributed by atoms with Crippen molar-refractivity contribution in [3.63, 3.8) is 0 Å². The Balaban J connectivity index is 4.04. The molecule has 6 heteroatoms. The Morgan fingerprint density at radius 1 is 1.33 bits per heavy atom. The highest BCUT2D eigenvalue weighted by Gasteiger charge is 2.15. The molecule has 0 aliphatic carbocycles. The number of aliphatic carboxylic acids is 1. The molecule has 0 spiro atoms. The molecule has 0 radical (unpaired) electrons. The van der Waals surface area contributed by atoms with Crippen LogP contribution in [0.25, 0.3) is 0 Å². The predicted octanol–water partition coefficient (Wildman–Crippen LogP) is 2.18. The Morgan fingerprint density at radius 3 is 2.39 bits per heavy atom. The highest BCUT2D eigenvalue weighted by molar-refractivity contribution is 6.29. The van der Waals surface area contributed by atoms with Gasteiger partial charge >= 0.3 is 12.0 Å². The summed E-state index contributed by atoms with van der Waals surface area (Å²) in [6.45, 7) is 8.02. The van der Waals surface area contributed by atoms with Gasteiger partial charge in [0.25, 0.3) is 0 Å². The van der Waals surface area contributed by atoms with Crippen LogP contribution in [0.2, 0.25) is 0 Å². The SMILES string of the molecule is C=C(Cl)CNC(=O)NCC(CC(=O)O)CC(C)C. The van der Waals surface area contributed by atoms with Crippen molar-refractivity contribution in [1.82, 2.24) is 10.6 Å². The van der Waals surface area contributed by atoms with Crippen LogP contribution in [0.3, 0.4) is 0 Å². The molecule has 2 amide bonds. The number of rotatable bonds is 8. The zero-order chi connectivity index (χ0) is 14.1. The standard InChI is InChI=1S/C12H21ClN2O3/c1-8(2)4-10(5-11(16)17)7-15-12(18)14-6-9(3)13/h8,10H,3-7H2,1-2H3,(H,16,17)(H2,14,15,18). The van der Waals surface area contributed by atoms with Crippen LogP contribution in [0.5, 0.6) is 0 Å². The lowest BCUT2D eigenvalue weighted by atomic mass is 9.94. The highest BCUT2D eigenvalue weighted by Crippen LogP contribution is 2.14. The van der Waals surface area contributed by atoms with Crippen molar-refractivity contribution in [3.05, 3.63) is 11.6 Å². The molecule has 5 nitrogen and oxygen atoms in total. The lowest BCUT2D eigenvalue weighted by Crippen LogP contribution is -2.39. The van der Waals surface area contributed by atoms with Gasteiger partial charge in [-0.1, -0.05) is 32.0 Å². The average Bonchev–Trinajstić information content (AvgIpc) is 2.21. The Labute approximate surface area is 113 Å². The van der Waals surface area contributed by atoms with Gasteiger partial charge in [-0.2, -0.15) is 0 Å². The van der Waals surface area contributed by atoms with E-state index in [1.807, 2.05) is 13.8 Å². The molecule has 0 bridgehead atoms. The minimum Gasteiger partial charge on any atom is -0.481 e. The van der Waals surface area contributed by atoms with Crippen LogP contribution in [-0.4, -0.2) is 30.2 Å². The molecular weight excluding hydrogens is 256 g/mol. The molecule has 0 saturated carbocycles. The summed E-state index contributed by atoms with van der Waals surface area (Å²) in [5.41, 5.74) is 0. The molecule has 1 atom stereocenters. The van der Waals surface area contributed by atoms with Crippen molar-refractivity contribution >= 4 is 23.6 Å². The minimum absolute atomic E-state index is 0.0562. The topological polar surface area (TPSA) is 78.4 Å². The number of amides is 2. The monoisotopic (exact) mass is 276 g/mol. The Bertz CT molecular complexity index is 306. The van der Waals surface area contributed by atoms with Gasteiger partial charge in [-0.25, -0.2) is 4.79 Å². The van der Waals surface area contributed by atoms with E-state index in [9.17, 15) is 9.59 Å². The fourth-order valence-corrected chi connectivity index (χ4v) is 1.69. The highest BCUT2D eigenvalue weighted by atomic mass is 35.5. The molecule has 1 unspecified atom stereocenters. The number of carbonyl (C=O) groups is 2. The summed E-state index contributed by atoms with van der Waals surface area (Å²) >= 11 is 5.51. The maximum absolute atomic E-state index is 11.4. The van der Waals surface area contributed by atoms with E-state index in [1.54, 1.807) is 0 Å². The van der Waals surface area contributed by atoms with Crippen LogP contribution >= 0.6 is 11.6 Å². The van der Waals surface area contributed by atoms with Crippen LogP contribution in [0.15, 0.2) is 11.6 Å². The maximum atomic E-state index is 11.4. The van der Waals surface area contributed by atoms with Crippen molar-refractivity contribution in [2.75, 3.05) is 13.1 Å². The molecule has 104 valence electrons. The van der Waals surface area contributed by atoms with Gasteiger partial charge in [-0.3, -0.25) is 4.79 Å². The lowest BCUT2D eigenvalue weighted by Gasteiger charge is -2.17. The van der Waals surface area contributed by atoms with Gasteiger partial charge in [0.2, 0.25) is 0 Å². The number of nitrogens with one attached hydrogen (secondary N) is 2. The molecule has 0 rings (SSSR count). The first kappa shape index (κ1) is 16.8. The third kappa shape index (κ3) is 9.96. The summed E-state index contributed by atoms with van der Waals surface area (Å²) in [6, 6.07) is -0.365. The lowest BCUT2D eigenvalue weighted by molar-refractivity contribution is -0.138. The van der Waals surface area contributed by atoms with Gasteiger partial charge in [0.15, 0.2) is 0 Å². The summed E-state index contributed by atoms with van der Waals surface area (Å²) in [5.74, 6) is -0.522. The average molecular weight is 277 g/mol. The van der Waals surface area contributed by atoms with Crippen LogP contribution in [0.4, 0.5) is 4.79 Å². The van der Waals surface area contributed by atoms with Gasteiger partial charge < -0.3 is 15.7 Å². The number of carbonyl (C=O) groups excluding carboxylic acids is 1. The maximum Gasteiger partial charge on any atom is 0.315 e. The summed E-state index contributed by atoms with van der Waals surface area (Å²) in [7, 11) is 0. The first-order valence-electron chi connectivity index (χ1n) is 5.88. The van der Waals surface area contributed by atoms with E-state index in [0.717, 1.165) is 6.42 Å². The molecule has 0 saturated heterocycles. The second-order valence-corrected chi connectivity index (χ2v) is 5.21. The second-order valence-electron chi connectivity index (χ2n) is 4.67. The van der Waals surface area contributed by atoms with Gasteiger partial charge in [0, 0.05) is 18.0 Å².